The van der Waals surface area contributed by atoms with Crippen LogP contribution in [0.3, 0.4) is 0 Å². The van der Waals surface area contributed by atoms with Crippen LogP contribution in [0.25, 0.3) is 0 Å². The number of nitrogens with zero attached hydrogens (tertiary/aromatic N) is 1. The van der Waals surface area contributed by atoms with Gasteiger partial charge in [-0.1, -0.05) is 18.2 Å². The molecule has 0 amide bonds. The molecule has 7 nitrogen and oxygen atoms in total. The van der Waals surface area contributed by atoms with Crippen molar-refractivity contribution in [3.8, 4) is 0 Å². The Balaban J connectivity index is 2.25. The van der Waals surface area contributed by atoms with Gasteiger partial charge in [-0.3, -0.25) is 20.0 Å². The standard InChI is InChI=1S/C12H13N2O5PS/c15-14(16)10-4-1-3-9(7-10)12(20(17,18)19)13-8-11-5-2-6-21-11/h1-7,12-13H,8H2,(H2,17,18,19). The zero-order valence-corrected chi connectivity index (χ0v) is 12.5. The lowest BCUT2D eigenvalue weighted by Gasteiger charge is -2.19. The first-order chi connectivity index (χ1) is 9.88. The van der Waals surface area contributed by atoms with Gasteiger partial charge in [-0.05, 0) is 17.0 Å². The fraction of sp³-hybridized carbons (Fsp3) is 0.167. The second kappa shape index (κ2) is 6.46. The van der Waals surface area contributed by atoms with Gasteiger partial charge in [0.1, 0.15) is 5.78 Å². The highest BCUT2D eigenvalue weighted by atomic mass is 32.1. The molecule has 0 bridgehead atoms. The molecule has 0 radical (unpaired) electrons. The van der Waals surface area contributed by atoms with Crippen LogP contribution < -0.4 is 5.32 Å². The van der Waals surface area contributed by atoms with Gasteiger partial charge in [0.15, 0.2) is 0 Å². The molecule has 2 aromatic rings. The third kappa shape index (κ3) is 4.20. The van der Waals surface area contributed by atoms with Crippen LogP contribution in [0.2, 0.25) is 0 Å². The Morgan fingerprint density at radius 3 is 2.67 bits per heavy atom. The van der Waals surface area contributed by atoms with E-state index in [4.69, 9.17) is 0 Å². The number of nitrogens with one attached hydrogen (secondary N) is 1. The van der Waals surface area contributed by atoms with Crippen LogP contribution in [0, 0.1) is 10.1 Å². The lowest BCUT2D eigenvalue weighted by molar-refractivity contribution is -0.384. The molecule has 1 heterocycles. The monoisotopic (exact) mass is 328 g/mol. The fourth-order valence-electron chi connectivity index (χ4n) is 1.85. The highest BCUT2D eigenvalue weighted by Crippen LogP contribution is 2.50. The minimum Gasteiger partial charge on any atom is -0.323 e. The van der Waals surface area contributed by atoms with Gasteiger partial charge in [-0.25, -0.2) is 0 Å². The maximum absolute atomic E-state index is 11.6. The first kappa shape index (κ1) is 15.8. The number of hydrogen-bond acceptors (Lipinski definition) is 5. The summed E-state index contributed by atoms with van der Waals surface area (Å²) in [6, 6.07) is 8.98. The van der Waals surface area contributed by atoms with E-state index >= 15 is 0 Å². The molecule has 0 aliphatic rings. The zero-order valence-electron chi connectivity index (χ0n) is 10.7. The van der Waals surface area contributed by atoms with Crippen LogP contribution in [-0.4, -0.2) is 14.7 Å². The maximum atomic E-state index is 11.6. The molecular weight excluding hydrogens is 315 g/mol. The second-order valence-electron chi connectivity index (χ2n) is 4.30. The topological polar surface area (TPSA) is 113 Å². The van der Waals surface area contributed by atoms with Gasteiger partial charge in [-0.15, -0.1) is 11.3 Å². The number of rotatable bonds is 6. The Bertz CT molecular complexity index is 670. The van der Waals surface area contributed by atoms with Gasteiger partial charge in [-0.2, -0.15) is 0 Å². The molecule has 1 atom stereocenters. The van der Waals surface area contributed by atoms with E-state index in [-0.39, 0.29) is 17.8 Å². The van der Waals surface area contributed by atoms with Crippen molar-refractivity contribution in [1.29, 1.82) is 0 Å². The Morgan fingerprint density at radius 2 is 2.10 bits per heavy atom. The summed E-state index contributed by atoms with van der Waals surface area (Å²) < 4.78 is 11.6. The third-order valence-electron chi connectivity index (χ3n) is 2.78. The van der Waals surface area contributed by atoms with Crippen molar-refractivity contribution in [1.82, 2.24) is 5.32 Å². The number of nitro benzene ring substituents is 1. The van der Waals surface area contributed by atoms with E-state index in [0.717, 1.165) is 4.88 Å². The van der Waals surface area contributed by atoms with Crippen LogP contribution >= 0.6 is 18.9 Å². The fourth-order valence-corrected chi connectivity index (χ4v) is 3.38. The first-order valence-electron chi connectivity index (χ1n) is 5.93. The van der Waals surface area contributed by atoms with Crippen molar-refractivity contribution in [2.24, 2.45) is 0 Å². The first-order valence-corrected chi connectivity index (χ1v) is 8.49. The smallest absolute Gasteiger partial charge is 0.323 e. The molecule has 0 saturated heterocycles. The van der Waals surface area contributed by atoms with Crippen LogP contribution in [0.1, 0.15) is 16.2 Å². The molecule has 2 rings (SSSR count). The SMILES string of the molecule is O=[N+]([O-])c1cccc(C(NCc2cccs2)P(=O)(O)O)c1. The van der Waals surface area contributed by atoms with Crippen LogP contribution in [0.15, 0.2) is 41.8 Å². The predicted octanol–water partition coefficient (Wildman–Crippen LogP) is 2.62. The molecule has 9 heteroatoms. The highest BCUT2D eigenvalue weighted by molar-refractivity contribution is 7.52. The van der Waals surface area contributed by atoms with Crippen molar-refractivity contribution >= 4 is 24.6 Å². The molecule has 21 heavy (non-hydrogen) atoms. The van der Waals surface area contributed by atoms with Crippen molar-refractivity contribution in [3.63, 3.8) is 0 Å². The largest absolute Gasteiger partial charge is 0.346 e. The molecule has 0 aliphatic carbocycles. The minimum absolute atomic E-state index is 0.189. The second-order valence-corrected chi connectivity index (χ2v) is 7.03. The average molecular weight is 328 g/mol. The van der Waals surface area contributed by atoms with Gasteiger partial charge in [0.2, 0.25) is 0 Å². The molecule has 0 saturated carbocycles. The zero-order chi connectivity index (χ0) is 15.5. The molecule has 1 aromatic heterocycles. The van der Waals surface area contributed by atoms with Gasteiger partial charge in [0.05, 0.1) is 4.92 Å². The van der Waals surface area contributed by atoms with Crippen LogP contribution in [-0.2, 0) is 11.1 Å². The van der Waals surface area contributed by atoms with Crippen molar-refractivity contribution in [3.05, 3.63) is 62.3 Å². The summed E-state index contributed by atoms with van der Waals surface area (Å²) in [7, 11) is -4.50. The number of nitro groups is 1. The lowest BCUT2D eigenvalue weighted by atomic mass is 10.2. The van der Waals surface area contributed by atoms with E-state index in [1.807, 2.05) is 17.5 Å². The molecule has 0 spiro atoms. The molecule has 0 aliphatic heterocycles. The van der Waals surface area contributed by atoms with E-state index < -0.39 is 18.3 Å². The van der Waals surface area contributed by atoms with E-state index in [9.17, 15) is 24.5 Å². The Kier molecular flexibility index (Phi) is 4.87. The number of benzene rings is 1. The van der Waals surface area contributed by atoms with Crippen molar-refractivity contribution in [2.45, 2.75) is 12.3 Å². The summed E-state index contributed by atoms with van der Waals surface area (Å²) >= 11 is 1.46. The van der Waals surface area contributed by atoms with Crippen LogP contribution in [0.5, 0.6) is 0 Å². The summed E-state index contributed by atoms with van der Waals surface area (Å²) in [6.45, 7) is 0.274. The minimum atomic E-state index is -4.50. The Hall–Kier alpha value is -1.57. The van der Waals surface area contributed by atoms with Gasteiger partial charge in [0, 0.05) is 23.6 Å². The van der Waals surface area contributed by atoms with E-state index in [1.54, 1.807) is 0 Å². The van der Waals surface area contributed by atoms with Crippen LogP contribution in [0.4, 0.5) is 5.69 Å². The van der Waals surface area contributed by atoms with E-state index in [2.05, 4.69) is 5.32 Å². The maximum Gasteiger partial charge on any atom is 0.346 e. The quantitative estimate of drug-likeness (QED) is 0.427. The molecule has 1 unspecified atom stereocenters. The molecule has 1 aromatic carbocycles. The number of hydrogen-bond donors (Lipinski definition) is 3. The highest BCUT2D eigenvalue weighted by Gasteiger charge is 2.31. The number of non-ortho nitro benzene ring substituents is 1. The average Bonchev–Trinajstić information content (AvgIpc) is 2.91. The van der Waals surface area contributed by atoms with Gasteiger partial charge < -0.3 is 9.79 Å². The lowest BCUT2D eigenvalue weighted by Crippen LogP contribution is -2.20. The Morgan fingerprint density at radius 1 is 1.33 bits per heavy atom. The molecule has 3 N–H and O–H groups in total. The molecule has 0 fully saturated rings. The Labute approximate surface area is 124 Å². The van der Waals surface area contributed by atoms with Crippen molar-refractivity contribution < 1.29 is 19.3 Å². The summed E-state index contributed by atoms with van der Waals surface area (Å²) in [6.07, 6.45) is 0. The summed E-state index contributed by atoms with van der Waals surface area (Å²) in [5.74, 6) is -1.28. The third-order valence-corrected chi connectivity index (χ3v) is 4.81. The summed E-state index contributed by atoms with van der Waals surface area (Å²) in [5.41, 5.74) is -0.0158. The summed E-state index contributed by atoms with van der Waals surface area (Å²) in [4.78, 5) is 30.0. The normalized spacial score (nSPS) is 13.0. The van der Waals surface area contributed by atoms with Crippen molar-refractivity contribution in [2.75, 3.05) is 0 Å². The van der Waals surface area contributed by atoms with Gasteiger partial charge in [0.25, 0.3) is 5.69 Å². The summed E-state index contributed by atoms with van der Waals surface area (Å²) in [5, 5.41) is 15.4. The van der Waals surface area contributed by atoms with Gasteiger partial charge >= 0.3 is 7.60 Å². The molecule has 112 valence electrons. The van der Waals surface area contributed by atoms with E-state index in [1.165, 1.54) is 35.6 Å². The number of thiophene rings is 1. The predicted molar refractivity (Wildman–Crippen MR) is 79.0 cm³/mol. The van der Waals surface area contributed by atoms with E-state index in [0.29, 0.717) is 0 Å². The molecular formula is C12H13N2O5PS.